The van der Waals surface area contributed by atoms with Crippen LogP contribution < -0.4 is 5.73 Å². The van der Waals surface area contributed by atoms with Crippen LogP contribution in [0.2, 0.25) is 5.02 Å². The summed E-state index contributed by atoms with van der Waals surface area (Å²) in [5.74, 6) is 0. The lowest BCUT2D eigenvalue weighted by Crippen LogP contribution is -2.20. The topological polar surface area (TPSA) is 47.6 Å². The summed E-state index contributed by atoms with van der Waals surface area (Å²) in [6, 6.07) is 5.59. The molecule has 0 aromatic heterocycles. The summed E-state index contributed by atoms with van der Waals surface area (Å²) in [4.78, 5) is 5.16. The van der Waals surface area contributed by atoms with E-state index in [1.807, 2.05) is 18.2 Å². The van der Waals surface area contributed by atoms with E-state index in [1.54, 1.807) is 0 Å². The molecule has 1 aromatic carbocycles. The van der Waals surface area contributed by atoms with Gasteiger partial charge in [0.15, 0.2) is 0 Å². The molecule has 3 nitrogen and oxygen atoms in total. The van der Waals surface area contributed by atoms with Gasteiger partial charge >= 0.3 is 0 Å². The Kier molecular flexibility index (Phi) is 3.29. The summed E-state index contributed by atoms with van der Waals surface area (Å²) in [6.07, 6.45) is 0.723. The Labute approximate surface area is 101 Å². The Hall–Kier alpha value is -0.580. The number of halogens is 2. The highest BCUT2D eigenvalue weighted by Gasteiger charge is 2.22. The quantitative estimate of drug-likeness (QED) is 0.909. The van der Waals surface area contributed by atoms with Crippen LogP contribution in [-0.2, 0) is 4.84 Å². The average molecular weight is 290 g/mol. The molecule has 0 fully saturated rings. The molecule has 1 atom stereocenters. The number of oxime groups is 1. The molecule has 0 amide bonds. The lowest BCUT2D eigenvalue weighted by Gasteiger charge is -2.04. The maximum atomic E-state index is 5.92. The van der Waals surface area contributed by atoms with E-state index in [-0.39, 0.29) is 6.10 Å². The maximum Gasteiger partial charge on any atom is 0.145 e. The summed E-state index contributed by atoms with van der Waals surface area (Å²) in [5, 5.41) is 4.70. The monoisotopic (exact) mass is 288 g/mol. The summed E-state index contributed by atoms with van der Waals surface area (Å²) in [6.45, 7) is 0.477. The number of nitrogens with two attached hydrogens (primary N) is 1. The van der Waals surface area contributed by atoms with Crippen LogP contribution in [0.25, 0.3) is 0 Å². The van der Waals surface area contributed by atoms with Crippen molar-refractivity contribution >= 4 is 33.2 Å². The van der Waals surface area contributed by atoms with Crippen LogP contribution in [0.4, 0.5) is 0 Å². The molecule has 15 heavy (non-hydrogen) atoms. The van der Waals surface area contributed by atoms with E-state index in [0.717, 1.165) is 22.2 Å². The van der Waals surface area contributed by atoms with Gasteiger partial charge < -0.3 is 10.6 Å². The highest BCUT2D eigenvalue weighted by atomic mass is 79.9. The minimum atomic E-state index is -0.00844. The van der Waals surface area contributed by atoms with Gasteiger partial charge in [-0.2, -0.15) is 0 Å². The zero-order valence-corrected chi connectivity index (χ0v) is 10.3. The maximum absolute atomic E-state index is 5.92. The predicted molar refractivity (Wildman–Crippen MR) is 64.2 cm³/mol. The number of rotatable bonds is 2. The van der Waals surface area contributed by atoms with Crippen LogP contribution >= 0.6 is 27.5 Å². The highest BCUT2D eigenvalue weighted by molar-refractivity contribution is 9.10. The van der Waals surface area contributed by atoms with Gasteiger partial charge in [0.2, 0.25) is 0 Å². The Balaban J connectivity index is 2.27. The first-order chi connectivity index (χ1) is 7.20. The molecular formula is C10H10BrClN2O. The van der Waals surface area contributed by atoms with E-state index >= 15 is 0 Å². The molecule has 5 heteroatoms. The Morgan fingerprint density at radius 1 is 1.60 bits per heavy atom. The summed E-state index contributed by atoms with van der Waals surface area (Å²) in [5.41, 5.74) is 7.37. The minimum absolute atomic E-state index is 0.00844. The molecule has 0 bridgehead atoms. The van der Waals surface area contributed by atoms with Gasteiger partial charge in [0.05, 0.1) is 5.71 Å². The lowest BCUT2D eigenvalue weighted by atomic mass is 10.1. The van der Waals surface area contributed by atoms with Crippen molar-refractivity contribution in [2.24, 2.45) is 10.9 Å². The summed E-state index contributed by atoms with van der Waals surface area (Å²) in [7, 11) is 0. The van der Waals surface area contributed by atoms with Gasteiger partial charge in [-0.05, 0) is 18.2 Å². The molecular weight excluding hydrogens is 279 g/mol. The van der Waals surface area contributed by atoms with Crippen molar-refractivity contribution in [2.75, 3.05) is 6.54 Å². The van der Waals surface area contributed by atoms with Crippen LogP contribution in [0.1, 0.15) is 12.0 Å². The van der Waals surface area contributed by atoms with Gasteiger partial charge in [0, 0.05) is 28.0 Å². The normalized spacial score (nSPS) is 19.9. The second-order valence-electron chi connectivity index (χ2n) is 3.33. The molecule has 0 saturated heterocycles. The van der Waals surface area contributed by atoms with E-state index < -0.39 is 0 Å². The third-order valence-corrected chi connectivity index (χ3v) is 3.16. The molecule has 0 radical (unpaired) electrons. The van der Waals surface area contributed by atoms with Crippen LogP contribution in [-0.4, -0.2) is 18.4 Å². The van der Waals surface area contributed by atoms with Crippen molar-refractivity contribution in [3.63, 3.8) is 0 Å². The molecule has 80 valence electrons. The van der Waals surface area contributed by atoms with Crippen molar-refractivity contribution in [2.45, 2.75) is 12.5 Å². The zero-order valence-electron chi connectivity index (χ0n) is 7.91. The molecule has 1 aliphatic heterocycles. The Morgan fingerprint density at radius 2 is 2.40 bits per heavy atom. The largest absolute Gasteiger partial charge is 0.390 e. The smallest absolute Gasteiger partial charge is 0.145 e. The molecule has 1 aromatic rings. The first-order valence-corrected chi connectivity index (χ1v) is 5.76. The number of hydrogen-bond acceptors (Lipinski definition) is 3. The molecule has 0 saturated carbocycles. The van der Waals surface area contributed by atoms with E-state index in [4.69, 9.17) is 22.2 Å². The first kappa shape index (κ1) is 10.9. The second-order valence-corrected chi connectivity index (χ2v) is 4.62. The summed E-state index contributed by atoms with van der Waals surface area (Å²) < 4.78 is 0.965. The molecule has 2 rings (SSSR count). The van der Waals surface area contributed by atoms with Crippen LogP contribution in [0.15, 0.2) is 27.8 Å². The second kappa shape index (κ2) is 4.51. The van der Waals surface area contributed by atoms with Gasteiger partial charge in [-0.1, -0.05) is 32.7 Å². The van der Waals surface area contributed by atoms with Crippen LogP contribution in [0, 0.1) is 0 Å². The van der Waals surface area contributed by atoms with E-state index in [9.17, 15) is 0 Å². The van der Waals surface area contributed by atoms with E-state index in [2.05, 4.69) is 21.1 Å². The van der Waals surface area contributed by atoms with Crippen molar-refractivity contribution in [3.05, 3.63) is 33.3 Å². The van der Waals surface area contributed by atoms with Crippen molar-refractivity contribution in [1.29, 1.82) is 0 Å². The molecule has 1 unspecified atom stereocenters. The fraction of sp³-hybridized carbons (Fsp3) is 0.300. The minimum Gasteiger partial charge on any atom is -0.390 e. The molecule has 1 aliphatic rings. The number of hydrogen-bond donors (Lipinski definition) is 1. The predicted octanol–water partition coefficient (Wildman–Crippen LogP) is 2.55. The van der Waals surface area contributed by atoms with Crippen molar-refractivity contribution in [1.82, 2.24) is 0 Å². The third-order valence-electron chi connectivity index (χ3n) is 2.24. The molecule has 0 aliphatic carbocycles. The third kappa shape index (κ3) is 2.33. The Bertz CT molecular complexity index is 408. The van der Waals surface area contributed by atoms with Crippen molar-refractivity contribution in [3.8, 4) is 0 Å². The first-order valence-electron chi connectivity index (χ1n) is 4.59. The van der Waals surface area contributed by atoms with Crippen LogP contribution in [0.5, 0.6) is 0 Å². The van der Waals surface area contributed by atoms with Gasteiger partial charge in [-0.3, -0.25) is 0 Å². The van der Waals surface area contributed by atoms with Gasteiger partial charge in [0.1, 0.15) is 6.10 Å². The van der Waals surface area contributed by atoms with Gasteiger partial charge in [-0.25, -0.2) is 0 Å². The number of benzene rings is 1. The molecule has 0 spiro atoms. The average Bonchev–Trinajstić information content (AvgIpc) is 2.70. The van der Waals surface area contributed by atoms with Crippen LogP contribution in [0.3, 0.4) is 0 Å². The summed E-state index contributed by atoms with van der Waals surface area (Å²) >= 11 is 9.38. The standard InChI is InChI=1S/C10H10BrClN2O/c11-9-2-1-6(12)3-8(9)10-4-7(5-13)15-14-10/h1-3,7H,4-5,13H2. The number of nitrogens with zero attached hydrogens (tertiary/aromatic N) is 1. The van der Waals surface area contributed by atoms with E-state index in [0.29, 0.717) is 11.6 Å². The van der Waals surface area contributed by atoms with Gasteiger partial charge in [0.25, 0.3) is 0 Å². The molecule has 1 heterocycles. The highest BCUT2D eigenvalue weighted by Crippen LogP contribution is 2.25. The van der Waals surface area contributed by atoms with Gasteiger partial charge in [-0.15, -0.1) is 0 Å². The SMILES string of the molecule is NCC1CC(c2cc(Cl)ccc2Br)=NO1. The Morgan fingerprint density at radius 3 is 3.07 bits per heavy atom. The fourth-order valence-corrected chi connectivity index (χ4v) is 2.08. The zero-order chi connectivity index (χ0) is 10.8. The van der Waals surface area contributed by atoms with Crippen molar-refractivity contribution < 1.29 is 4.84 Å². The van der Waals surface area contributed by atoms with E-state index in [1.165, 1.54) is 0 Å². The molecule has 2 N–H and O–H groups in total. The fourth-order valence-electron chi connectivity index (χ4n) is 1.43. The lowest BCUT2D eigenvalue weighted by molar-refractivity contribution is 0.0918.